The maximum atomic E-state index is 11.6. The predicted octanol–water partition coefficient (Wildman–Crippen LogP) is 3.34. The van der Waals surface area contributed by atoms with Crippen molar-refractivity contribution in [1.82, 2.24) is 0 Å². The van der Waals surface area contributed by atoms with Crippen LogP contribution in [0.25, 0.3) is 0 Å². The smallest absolute Gasteiger partial charge is 0.241 e. The topological polar surface area (TPSA) is 55.1 Å². The van der Waals surface area contributed by atoms with E-state index >= 15 is 0 Å². The van der Waals surface area contributed by atoms with Crippen molar-refractivity contribution >= 4 is 47.2 Å². The molecule has 3 nitrogen and oxygen atoms in total. The van der Waals surface area contributed by atoms with Crippen molar-refractivity contribution in [2.24, 2.45) is 11.7 Å². The van der Waals surface area contributed by atoms with Gasteiger partial charge in [-0.25, -0.2) is 0 Å². The first-order valence-electron chi connectivity index (χ1n) is 4.93. The summed E-state index contributed by atoms with van der Waals surface area (Å²) in [6.45, 7) is 3.78. The molecule has 1 amide bonds. The zero-order valence-electron chi connectivity index (χ0n) is 9.54. The van der Waals surface area contributed by atoms with Gasteiger partial charge in [0.15, 0.2) is 0 Å². The summed E-state index contributed by atoms with van der Waals surface area (Å²) in [6.07, 6.45) is 0. The maximum absolute atomic E-state index is 11.6. The van der Waals surface area contributed by atoms with Crippen molar-refractivity contribution in [3.8, 4) is 0 Å². The highest BCUT2D eigenvalue weighted by atomic mass is 35.5. The number of halogens is 3. The van der Waals surface area contributed by atoms with E-state index in [-0.39, 0.29) is 24.2 Å². The number of carbonyl (C=O) groups excluding carboxylic acids is 1. The Bertz CT molecular complexity index is 396. The molecule has 3 N–H and O–H groups in total. The van der Waals surface area contributed by atoms with Crippen LogP contribution in [0.2, 0.25) is 10.0 Å². The Morgan fingerprint density at radius 3 is 2.35 bits per heavy atom. The summed E-state index contributed by atoms with van der Waals surface area (Å²) in [5, 5.41) is 3.54. The van der Waals surface area contributed by atoms with Crippen LogP contribution >= 0.6 is 35.6 Å². The number of anilines is 1. The van der Waals surface area contributed by atoms with Gasteiger partial charge in [-0.3, -0.25) is 4.79 Å². The van der Waals surface area contributed by atoms with Crippen molar-refractivity contribution in [3.05, 3.63) is 28.2 Å². The minimum absolute atomic E-state index is 0. The second-order valence-corrected chi connectivity index (χ2v) is 4.70. The molecule has 0 aromatic heterocycles. The van der Waals surface area contributed by atoms with Crippen LogP contribution in [-0.2, 0) is 4.79 Å². The number of nitrogens with one attached hydrogen (secondary N) is 1. The molecule has 0 aliphatic carbocycles. The Morgan fingerprint density at radius 1 is 1.29 bits per heavy atom. The highest BCUT2D eigenvalue weighted by Crippen LogP contribution is 2.25. The van der Waals surface area contributed by atoms with E-state index in [0.717, 1.165) is 0 Å². The lowest BCUT2D eigenvalue weighted by Gasteiger charge is -2.15. The molecule has 1 rings (SSSR count). The molecule has 1 aromatic rings. The normalized spacial score (nSPS) is 11.9. The van der Waals surface area contributed by atoms with Gasteiger partial charge in [-0.15, -0.1) is 12.4 Å². The molecule has 17 heavy (non-hydrogen) atoms. The van der Waals surface area contributed by atoms with Crippen molar-refractivity contribution in [3.63, 3.8) is 0 Å². The van der Waals surface area contributed by atoms with E-state index in [4.69, 9.17) is 28.9 Å². The third-order valence-corrected chi connectivity index (χ3v) is 2.95. The van der Waals surface area contributed by atoms with Crippen LogP contribution in [0.3, 0.4) is 0 Å². The average Bonchev–Trinajstić information content (AvgIpc) is 2.22. The molecule has 0 radical (unpaired) electrons. The highest BCUT2D eigenvalue weighted by molar-refractivity contribution is 6.42. The van der Waals surface area contributed by atoms with Crippen LogP contribution in [0, 0.1) is 5.92 Å². The number of amides is 1. The number of rotatable bonds is 3. The number of carbonyl (C=O) groups is 1. The third-order valence-electron chi connectivity index (χ3n) is 2.21. The first-order valence-corrected chi connectivity index (χ1v) is 5.69. The largest absolute Gasteiger partial charge is 0.325 e. The van der Waals surface area contributed by atoms with Crippen LogP contribution in [0.5, 0.6) is 0 Å². The molecule has 0 saturated heterocycles. The molecule has 0 aliphatic heterocycles. The Labute approximate surface area is 117 Å². The summed E-state index contributed by atoms with van der Waals surface area (Å²) < 4.78 is 0. The van der Waals surface area contributed by atoms with Gasteiger partial charge in [0.1, 0.15) is 0 Å². The fraction of sp³-hybridized carbons (Fsp3) is 0.364. The number of hydrogen-bond donors (Lipinski definition) is 2. The molecule has 96 valence electrons. The van der Waals surface area contributed by atoms with Crippen LogP contribution in [0.1, 0.15) is 13.8 Å². The molecular formula is C11H15Cl3N2O. The van der Waals surface area contributed by atoms with Gasteiger partial charge in [0.2, 0.25) is 5.91 Å². The molecule has 0 unspecified atom stereocenters. The summed E-state index contributed by atoms with van der Waals surface area (Å²) in [5.74, 6) is -0.142. The fourth-order valence-corrected chi connectivity index (χ4v) is 1.40. The van der Waals surface area contributed by atoms with E-state index in [1.165, 1.54) is 0 Å². The molecule has 1 aromatic carbocycles. The van der Waals surface area contributed by atoms with Crippen molar-refractivity contribution in [2.75, 3.05) is 5.32 Å². The molecule has 0 bridgehead atoms. The Morgan fingerprint density at radius 2 is 1.88 bits per heavy atom. The second kappa shape index (κ2) is 7.07. The van der Waals surface area contributed by atoms with Crippen molar-refractivity contribution in [1.29, 1.82) is 0 Å². The van der Waals surface area contributed by atoms with Crippen LogP contribution in [0.15, 0.2) is 18.2 Å². The van der Waals surface area contributed by atoms with E-state index in [2.05, 4.69) is 5.32 Å². The second-order valence-electron chi connectivity index (χ2n) is 3.89. The lowest BCUT2D eigenvalue weighted by Crippen LogP contribution is -2.39. The molecular weight excluding hydrogens is 282 g/mol. The minimum atomic E-state index is -0.533. The van der Waals surface area contributed by atoms with Crippen molar-refractivity contribution < 1.29 is 4.79 Å². The summed E-state index contributed by atoms with van der Waals surface area (Å²) in [6, 6.07) is 4.36. The van der Waals surface area contributed by atoms with Gasteiger partial charge in [0, 0.05) is 5.69 Å². The summed E-state index contributed by atoms with van der Waals surface area (Å²) >= 11 is 11.6. The van der Waals surface area contributed by atoms with Crippen LogP contribution < -0.4 is 11.1 Å². The number of benzene rings is 1. The lowest BCUT2D eigenvalue weighted by atomic mass is 10.1. The summed E-state index contributed by atoms with van der Waals surface area (Å²) in [5.41, 5.74) is 6.30. The van der Waals surface area contributed by atoms with E-state index in [1.807, 2.05) is 13.8 Å². The van der Waals surface area contributed by atoms with Gasteiger partial charge < -0.3 is 11.1 Å². The molecule has 6 heteroatoms. The predicted molar refractivity (Wildman–Crippen MR) is 75.2 cm³/mol. The number of hydrogen-bond acceptors (Lipinski definition) is 2. The molecule has 0 saturated carbocycles. The molecule has 0 fully saturated rings. The first kappa shape index (κ1) is 16.5. The van der Waals surface area contributed by atoms with Gasteiger partial charge in [-0.05, 0) is 24.1 Å². The van der Waals surface area contributed by atoms with Crippen molar-refractivity contribution in [2.45, 2.75) is 19.9 Å². The van der Waals surface area contributed by atoms with Gasteiger partial charge in [0.25, 0.3) is 0 Å². The van der Waals surface area contributed by atoms with Gasteiger partial charge in [-0.1, -0.05) is 37.0 Å². The zero-order valence-corrected chi connectivity index (χ0v) is 11.9. The van der Waals surface area contributed by atoms with Crippen LogP contribution in [0.4, 0.5) is 5.69 Å². The molecule has 0 spiro atoms. The summed E-state index contributed by atoms with van der Waals surface area (Å²) in [7, 11) is 0. The number of nitrogens with two attached hydrogens (primary N) is 1. The third kappa shape index (κ3) is 4.72. The van der Waals surface area contributed by atoms with E-state index in [9.17, 15) is 4.79 Å². The standard InChI is InChI=1S/C11H14Cl2N2O.ClH/c1-6(2)10(14)11(16)15-7-3-4-8(12)9(13)5-7;/h3-6,10H,14H2,1-2H3,(H,15,16);1H/t10-;/m1./s1. The Hall–Kier alpha value is -0.480. The van der Waals surface area contributed by atoms with E-state index in [0.29, 0.717) is 15.7 Å². The van der Waals surface area contributed by atoms with E-state index < -0.39 is 6.04 Å². The SMILES string of the molecule is CC(C)[C@@H](N)C(=O)Nc1ccc(Cl)c(Cl)c1.Cl. The van der Waals surface area contributed by atoms with Gasteiger partial charge >= 0.3 is 0 Å². The highest BCUT2D eigenvalue weighted by Gasteiger charge is 2.17. The Kier molecular flexibility index (Phi) is 6.87. The quantitative estimate of drug-likeness (QED) is 0.899. The molecule has 0 aliphatic rings. The van der Waals surface area contributed by atoms with Gasteiger partial charge in [0.05, 0.1) is 16.1 Å². The molecule has 0 heterocycles. The average molecular weight is 298 g/mol. The van der Waals surface area contributed by atoms with Crippen LogP contribution in [-0.4, -0.2) is 11.9 Å². The minimum Gasteiger partial charge on any atom is -0.325 e. The lowest BCUT2D eigenvalue weighted by molar-refractivity contribution is -0.118. The summed E-state index contributed by atoms with van der Waals surface area (Å²) in [4.78, 5) is 11.6. The van der Waals surface area contributed by atoms with E-state index in [1.54, 1.807) is 18.2 Å². The van der Waals surface area contributed by atoms with Gasteiger partial charge in [-0.2, -0.15) is 0 Å². The zero-order chi connectivity index (χ0) is 12.3. The fourth-order valence-electron chi connectivity index (χ4n) is 1.10. The maximum Gasteiger partial charge on any atom is 0.241 e. The Balaban J connectivity index is 0.00000256. The first-order chi connectivity index (χ1) is 7.41. The molecule has 1 atom stereocenters. The monoisotopic (exact) mass is 296 g/mol.